The number of benzene rings is 2. The lowest BCUT2D eigenvalue weighted by Crippen LogP contribution is -2.31. The first-order valence-electron chi connectivity index (χ1n) is 10.1. The quantitative estimate of drug-likeness (QED) is 0.555. The number of rotatable bonds is 3. The van der Waals surface area contributed by atoms with Crippen molar-refractivity contribution in [1.29, 1.82) is 0 Å². The van der Waals surface area contributed by atoms with Crippen molar-refractivity contribution in [3.05, 3.63) is 65.4 Å². The van der Waals surface area contributed by atoms with Crippen LogP contribution in [-0.4, -0.2) is 11.8 Å². The molecule has 2 aromatic carbocycles. The van der Waals surface area contributed by atoms with Crippen LogP contribution in [0.5, 0.6) is 5.75 Å². The molecule has 0 saturated carbocycles. The normalized spacial score (nSPS) is 20.0. The average molecular weight is 390 g/mol. The van der Waals surface area contributed by atoms with Gasteiger partial charge in [-0.15, -0.1) is 0 Å². The van der Waals surface area contributed by atoms with Crippen molar-refractivity contribution in [3.63, 3.8) is 0 Å². The minimum absolute atomic E-state index is 0.0784. The van der Waals surface area contributed by atoms with Crippen LogP contribution in [0, 0.1) is 5.41 Å². The lowest BCUT2D eigenvalue weighted by molar-refractivity contribution is -0.134. The van der Waals surface area contributed by atoms with Crippen molar-refractivity contribution >= 4 is 23.1 Å². The number of fused-ring (bicyclic) bond motifs is 1. The molecule has 4 rings (SSSR count). The summed E-state index contributed by atoms with van der Waals surface area (Å²) in [6.07, 6.45) is 1.66. The topological polar surface area (TPSA) is 67.4 Å². The third kappa shape index (κ3) is 3.90. The second kappa shape index (κ2) is 7.39. The molecule has 2 aliphatic rings. The highest BCUT2D eigenvalue weighted by molar-refractivity contribution is 6.01. The van der Waals surface area contributed by atoms with Crippen molar-refractivity contribution in [1.82, 2.24) is 0 Å². The number of ketones is 1. The molecular weight excluding hydrogens is 364 g/mol. The Bertz CT molecular complexity index is 989. The number of hydrogen-bond donors (Lipinski definition) is 2. The number of Topliss-reactive ketones (excluding diaryl/α,β-unsaturated/α-hetero) is 1. The molecular formula is C24H26N2O3. The van der Waals surface area contributed by atoms with Crippen LogP contribution in [0.25, 0.3) is 0 Å². The van der Waals surface area contributed by atoms with Gasteiger partial charge in [0.15, 0.2) is 5.78 Å². The van der Waals surface area contributed by atoms with E-state index in [-0.39, 0.29) is 23.2 Å². The van der Waals surface area contributed by atoms with Gasteiger partial charge in [-0.25, -0.2) is 0 Å². The van der Waals surface area contributed by atoms with Gasteiger partial charge in [0.05, 0.1) is 17.4 Å². The highest BCUT2D eigenvalue weighted by atomic mass is 16.5. The molecule has 5 nitrogen and oxygen atoms in total. The molecule has 5 heteroatoms. The number of hydrogen-bond acceptors (Lipinski definition) is 5. The van der Waals surface area contributed by atoms with Gasteiger partial charge >= 0.3 is 5.97 Å². The van der Waals surface area contributed by atoms with Gasteiger partial charge in [0.25, 0.3) is 0 Å². The van der Waals surface area contributed by atoms with E-state index < -0.39 is 0 Å². The summed E-state index contributed by atoms with van der Waals surface area (Å²) >= 11 is 0. The SMILES string of the molecule is CCC(=O)Oc1ccc([C@H]2Nc3ccccc3NC3=C2C(=O)CC(C)(C)C3)cc1. The molecule has 1 aliphatic heterocycles. The van der Waals surface area contributed by atoms with Gasteiger partial charge in [0.2, 0.25) is 0 Å². The highest BCUT2D eigenvalue weighted by Crippen LogP contribution is 2.45. The predicted molar refractivity (Wildman–Crippen MR) is 114 cm³/mol. The van der Waals surface area contributed by atoms with Crippen LogP contribution >= 0.6 is 0 Å². The summed E-state index contributed by atoms with van der Waals surface area (Å²) in [5.41, 5.74) is 4.58. The Morgan fingerprint density at radius 3 is 2.45 bits per heavy atom. The number of ether oxygens (including phenoxy) is 1. The van der Waals surface area contributed by atoms with E-state index in [1.165, 1.54) is 0 Å². The predicted octanol–water partition coefficient (Wildman–Crippen LogP) is 5.22. The first-order valence-corrected chi connectivity index (χ1v) is 10.1. The second-order valence-electron chi connectivity index (χ2n) is 8.48. The van der Waals surface area contributed by atoms with E-state index in [9.17, 15) is 9.59 Å². The Balaban J connectivity index is 1.76. The standard InChI is InChI=1S/C24H26N2O3/c1-4-21(28)29-16-11-9-15(10-12-16)23-22-19(13-24(2,3)14-20(22)27)25-17-7-5-6-8-18(17)26-23/h5-12,23,25-26H,4,13-14H2,1-3H3/t23-/m1/s1. The van der Waals surface area contributed by atoms with Gasteiger partial charge in [0.1, 0.15) is 5.75 Å². The summed E-state index contributed by atoms with van der Waals surface area (Å²) in [4.78, 5) is 24.7. The number of nitrogens with one attached hydrogen (secondary N) is 2. The fourth-order valence-corrected chi connectivity index (χ4v) is 4.07. The molecule has 0 amide bonds. The molecule has 2 N–H and O–H groups in total. The van der Waals surface area contributed by atoms with Crippen molar-refractivity contribution in [3.8, 4) is 5.75 Å². The summed E-state index contributed by atoms with van der Waals surface area (Å²) in [6, 6.07) is 15.1. The van der Waals surface area contributed by atoms with E-state index in [2.05, 4.69) is 24.5 Å². The molecule has 1 atom stereocenters. The second-order valence-corrected chi connectivity index (χ2v) is 8.48. The number of allylic oxidation sites excluding steroid dienone is 1. The molecule has 1 aliphatic carbocycles. The molecule has 0 unspecified atom stereocenters. The molecule has 0 fully saturated rings. The van der Waals surface area contributed by atoms with Crippen molar-refractivity contribution < 1.29 is 14.3 Å². The summed E-state index contributed by atoms with van der Waals surface area (Å²) in [6.45, 7) is 6.03. The molecule has 29 heavy (non-hydrogen) atoms. The van der Waals surface area contributed by atoms with Crippen LogP contribution in [0.4, 0.5) is 11.4 Å². The average Bonchev–Trinajstić information content (AvgIpc) is 2.84. The molecule has 0 radical (unpaired) electrons. The van der Waals surface area contributed by atoms with E-state index in [1.807, 2.05) is 36.4 Å². The largest absolute Gasteiger partial charge is 0.427 e. The highest BCUT2D eigenvalue weighted by Gasteiger charge is 2.38. The minimum Gasteiger partial charge on any atom is -0.427 e. The Hall–Kier alpha value is -3.08. The fraction of sp³-hybridized carbons (Fsp3) is 0.333. The number of carbonyl (C=O) groups excluding carboxylic acids is 2. The first kappa shape index (κ1) is 19.2. The summed E-state index contributed by atoms with van der Waals surface area (Å²) in [7, 11) is 0. The number of para-hydroxylation sites is 2. The van der Waals surface area contributed by atoms with Crippen LogP contribution in [0.1, 0.15) is 51.6 Å². The monoisotopic (exact) mass is 390 g/mol. The van der Waals surface area contributed by atoms with Crippen LogP contribution in [-0.2, 0) is 9.59 Å². The van der Waals surface area contributed by atoms with Crippen LogP contribution in [0.3, 0.4) is 0 Å². The van der Waals surface area contributed by atoms with Crippen molar-refractivity contribution in [2.24, 2.45) is 5.41 Å². The maximum Gasteiger partial charge on any atom is 0.310 e. The Morgan fingerprint density at radius 1 is 1.07 bits per heavy atom. The Morgan fingerprint density at radius 2 is 1.76 bits per heavy atom. The first-order chi connectivity index (χ1) is 13.9. The zero-order chi connectivity index (χ0) is 20.6. The summed E-state index contributed by atoms with van der Waals surface area (Å²) in [5.74, 6) is 0.409. The smallest absolute Gasteiger partial charge is 0.310 e. The van der Waals surface area contributed by atoms with E-state index in [0.717, 1.165) is 34.6 Å². The van der Waals surface area contributed by atoms with Crippen LogP contribution in [0.15, 0.2) is 59.8 Å². The lowest BCUT2D eigenvalue weighted by atomic mass is 9.73. The maximum atomic E-state index is 13.2. The van der Waals surface area contributed by atoms with Gasteiger partial charge in [-0.3, -0.25) is 9.59 Å². The molecule has 2 aromatic rings. The zero-order valence-electron chi connectivity index (χ0n) is 17.0. The molecule has 150 valence electrons. The number of carbonyl (C=O) groups is 2. The van der Waals surface area contributed by atoms with Crippen LogP contribution in [0.2, 0.25) is 0 Å². The van der Waals surface area contributed by atoms with Crippen molar-refractivity contribution in [2.75, 3.05) is 10.6 Å². The fourth-order valence-electron chi connectivity index (χ4n) is 4.07. The minimum atomic E-state index is -0.266. The van der Waals surface area contributed by atoms with E-state index in [0.29, 0.717) is 18.6 Å². The third-order valence-corrected chi connectivity index (χ3v) is 5.45. The molecule has 0 saturated heterocycles. The van der Waals surface area contributed by atoms with Crippen LogP contribution < -0.4 is 15.4 Å². The van der Waals surface area contributed by atoms with Gasteiger partial charge in [-0.05, 0) is 41.7 Å². The molecule has 1 heterocycles. The molecule has 0 bridgehead atoms. The Labute approximate surface area is 171 Å². The molecule has 0 aromatic heterocycles. The lowest BCUT2D eigenvalue weighted by Gasteiger charge is -2.34. The van der Waals surface area contributed by atoms with Gasteiger partial charge in [0, 0.05) is 24.1 Å². The maximum absolute atomic E-state index is 13.2. The number of anilines is 2. The Kier molecular flexibility index (Phi) is 4.91. The molecule has 0 spiro atoms. The van der Waals surface area contributed by atoms with Crippen molar-refractivity contribution in [2.45, 2.75) is 46.1 Å². The van der Waals surface area contributed by atoms with Gasteiger partial charge < -0.3 is 15.4 Å². The zero-order valence-corrected chi connectivity index (χ0v) is 17.0. The number of esters is 1. The van der Waals surface area contributed by atoms with E-state index in [1.54, 1.807) is 19.1 Å². The van der Waals surface area contributed by atoms with Gasteiger partial charge in [-0.2, -0.15) is 0 Å². The third-order valence-electron chi connectivity index (χ3n) is 5.45. The van der Waals surface area contributed by atoms with Gasteiger partial charge in [-0.1, -0.05) is 45.0 Å². The summed E-state index contributed by atoms with van der Waals surface area (Å²) in [5, 5.41) is 7.07. The van der Waals surface area contributed by atoms with E-state index in [4.69, 9.17) is 4.74 Å². The summed E-state index contributed by atoms with van der Waals surface area (Å²) < 4.78 is 5.29. The van der Waals surface area contributed by atoms with E-state index >= 15 is 0 Å².